The van der Waals surface area contributed by atoms with E-state index in [0.717, 1.165) is 37.4 Å². The summed E-state index contributed by atoms with van der Waals surface area (Å²) in [6, 6.07) is 12.7. The molecule has 4 nitrogen and oxygen atoms in total. The highest BCUT2D eigenvalue weighted by Gasteiger charge is 2.19. The summed E-state index contributed by atoms with van der Waals surface area (Å²) < 4.78 is 0. The molecule has 0 fully saturated rings. The molecule has 1 aliphatic heterocycles. The van der Waals surface area contributed by atoms with Gasteiger partial charge in [0.25, 0.3) is 0 Å². The molecule has 6 heteroatoms. The van der Waals surface area contributed by atoms with Crippen LogP contribution in [-0.4, -0.2) is 26.4 Å². The van der Waals surface area contributed by atoms with Crippen molar-refractivity contribution in [1.82, 2.24) is 19.9 Å². The molecule has 4 aromatic rings. The third-order valence-corrected chi connectivity index (χ3v) is 6.87. The van der Waals surface area contributed by atoms with E-state index in [4.69, 9.17) is 4.98 Å². The summed E-state index contributed by atoms with van der Waals surface area (Å²) in [6.45, 7) is 2.93. The standard InChI is InChI=1S/C21H18N4S2/c1-3-15(11-22-8-1)21-23-12-16-13-25(9-7-18(16)24-21)14-17-5-6-20(27-17)19-4-2-10-26-19/h1-6,8,10-12H,7,9,13-14H2. The van der Waals surface area contributed by atoms with E-state index in [1.807, 2.05) is 35.9 Å². The van der Waals surface area contributed by atoms with Gasteiger partial charge in [-0.3, -0.25) is 9.88 Å². The lowest BCUT2D eigenvalue weighted by Gasteiger charge is -2.27. The number of nitrogens with zero attached hydrogens (tertiary/aromatic N) is 4. The van der Waals surface area contributed by atoms with Crippen molar-refractivity contribution in [1.29, 1.82) is 0 Å². The third kappa shape index (κ3) is 3.56. The van der Waals surface area contributed by atoms with Crippen LogP contribution in [0.2, 0.25) is 0 Å². The molecule has 0 aromatic carbocycles. The van der Waals surface area contributed by atoms with Gasteiger partial charge in [0.2, 0.25) is 0 Å². The summed E-state index contributed by atoms with van der Waals surface area (Å²) in [5, 5.41) is 2.13. The molecule has 134 valence electrons. The van der Waals surface area contributed by atoms with Gasteiger partial charge in [0, 0.05) is 70.4 Å². The van der Waals surface area contributed by atoms with Crippen molar-refractivity contribution in [3.63, 3.8) is 0 Å². The van der Waals surface area contributed by atoms with Crippen LogP contribution in [-0.2, 0) is 19.5 Å². The SMILES string of the molecule is c1cncc(-c2ncc3c(n2)CCN(Cc2ccc(-c4cccs4)s2)C3)c1. The van der Waals surface area contributed by atoms with Crippen LogP contribution in [0.4, 0.5) is 0 Å². The number of hydrogen-bond donors (Lipinski definition) is 0. The molecule has 1 aliphatic rings. The van der Waals surface area contributed by atoms with Gasteiger partial charge in [-0.1, -0.05) is 6.07 Å². The molecular weight excluding hydrogens is 372 g/mol. The van der Waals surface area contributed by atoms with Gasteiger partial charge < -0.3 is 0 Å². The van der Waals surface area contributed by atoms with Crippen molar-refractivity contribution in [3.8, 4) is 21.1 Å². The monoisotopic (exact) mass is 390 g/mol. The van der Waals surface area contributed by atoms with Gasteiger partial charge >= 0.3 is 0 Å². The molecular formula is C21H18N4S2. The van der Waals surface area contributed by atoms with Gasteiger partial charge in [-0.05, 0) is 35.7 Å². The van der Waals surface area contributed by atoms with Crippen molar-refractivity contribution < 1.29 is 0 Å². The van der Waals surface area contributed by atoms with Crippen LogP contribution in [0.15, 0.2) is 60.4 Å². The van der Waals surface area contributed by atoms with E-state index in [9.17, 15) is 0 Å². The van der Waals surface area contributed by atoms with Crippen LogP contribution < -0.4 is 0 Å². The molecule has 0 N–H and O–H groups in total. The maximum Gasteiger partial charge on any atom is 0.160 e. The van der Waals surface area contributed by atoms with Crippen molar-refractivity contribution in [3.05, 3.63) is 76.5 Å². The Bertz CT molecular complexity index is 1040. The minimum atomic E-state index is 0.772. The Kier molecular flexibility index (Phi) is 4.53. The van der Waals surface area contributed by atoms with Crippen LogP contribution in [0.1, 0.15) is 16.1 Å². The number of pyridine rings is 1. The van der Waals surface area contributed by atoms with Gasteiger partial charge in [0.05, 0.1) is 5.69 Å². The molecule has 0 spiro atoms. The summed E-state index contributed by atoms with van der Waals surface area (Å²) in [5.41, 5.74) is 3.39. The highest BCUT2D eigenvalue weighted by atomic mass is 32.1. The summed E-state index contributed by atoms with van der Waals surface area (Å²) in [5.74, 6) is 0.772. The summed E-state index contributed by atoms with van der Waals surface area (Å²) in [4.78, 5) is 20.1. The fourth-order valence-corrected chi connectivity index (χ4v) is 5.26. The summed E-state index contributed by atoms with van der Waals surface area (Å²) in [6.07, 6.45) is 6.55. The van der Waals surface area contributed by atoms with E-state index in [1.165, 1.54) is 25.9 Å². The minimum Gasteiger partial charge on any atom is -0.293 e. The lowest BCUT2D eigenvalue weighted by Crippen LogP contribution is -2.30. The highest BCUT2D eigenvalue weighted by molar-refractivity contribution is 7.21. The Morgan fingerprint density at radius 3 is 2.89 bits per heavy atom. The first-order valence-corrected chi connectivity index (χ1v) is 10.6. The molecule has 5 rings (SSSR count). The van der Waals surface area contributed by atoms with Crippen molar-refractivity contribution >= 4 is 22.7 Å². The molecule has 0 amide bonds. The zero-order valence-electron chi connectivity index (χ0n) is 14.7. The number of rotatable bonds is 4. The molecule has 0 saturated carbocycles. The van der Waals surface area contributed by atoms with Crippen LogP contribution in [0.5, 0.6) is 0 Å². The predicted octanol–water partition coefficient (Wildman–Crippen LogP) is 4.89. The zero-order chi connectivity index (χ0) is 18.1. The van der Waals surface area contributed by atoms with Crippen LogP contribution in [0.25, 0.3) is 21.1 Å². The fourth-order valence-electron chi connectivity index (χ4n) is 3.38. The Morgan fingerprint density at radius 1 is 1.04 bits per heavy atom. The van der Waals surface area contributed by atoms with Gasteiger partial charge in [0.15, 0.2) is 5.82 Å². The maximum absolute atomic E-state index is 4.79. The Balaban J connectivity index is 1.30. The number of thiophene rings is 2. The molecule has 4 aromatic heterocycles. The fraction of sp³-hybridized carbons (Fsp3) is 0.190. The quantitative estimate of drug-likeness (QED) is 0.498. The first-order chi connectivity index (χ1) is 13.3. The number of aromatic nitrogens is 3. The lowest BCUT2D eigenvalue weighted by molar-refractivity contribution is 0.245. The minimum absolute atomic E-state index is 0.772. The van der Waals surface area contributed by atoms with E-state index < -0.39 is 0 Å². The first kappa shape index (κ1) is 16.7. The third-order valence-electron chi connectivity index (χ3n) is 4.74. The second-order valence-electron chi connectivity index (χ2n) is 6.61. The maximum atomic E-state index is 4.79. The van der Waals surface area contributed by atoms with Crippen molar-refractivity contribution in [2.45, 2.75) is 19.5 Å². The van der Waals surface area contributed by atoms with Gasteiger partial charge in [-0.2, -0.15) is 0 Å². The average molecular weight is 391 g/mol. The number of fused-ring (bicyclic) bond motifs is 1. The molecule has 0 aliphatic carbocycles. The van der Waals surface area contributed by atoms with E-state index in [2.05, 4.69) is 44.5 Å². The summed E-state index contributed by atoms with van der Waals surface area (Å²) in [7, 11) is 0. The van der Waals surface area contributed by atoms with Gasteiger partial charge in [-0.15, -0.1) is 22.7 Å². The normalized spacial score (nSPS) is 14.2. The second kappa shape index (κ2) is 7.31. The lowest BCUT2D eigenvalue weighted by atomic mass is 10.1. The van der Waals surface area contributed by atoms with Crippen LogP contribution in [0, 0.1) is 0 Å². The highest BCUT2D eigenvalue weighted by Crippen LogP contribution is 2.32. The van der Waals surface area contributed by atoms with Crippen LogP contribution >= 0.6 is 22.7 Å². The first-order valence-electron chi connectivity index (χ1n) is 8.95. The van der Waals surface area contributed by atoms with Crippen LogP contribution in [0.3, 0.4) is 0 Å². The predicted molar refractivity (Wildman–Crippen MR) is 111 cm³/mol. The van der Waals surface area contributed by atoms with E-state index >= 15 is 0 Å². The van der Waals surface area contributed by atoms with E-state index in [1.54, 1.807) is 17.5 Å². The molecule has 0 bridgehead atoms. The molecule has 27 heavy (non-hydrogen) atoms. The van der Waals surface area contributed by atoms with E-state index in [0.29, 0.717) is 0 Å². The molecule has 0 saturated heterocycles. The van der Waals surface area contributed by atoms with Crippen molar-refractivity contribution in [2.24, 2.45) is 0 Å². The van der Waals surface area contributed by atoms with E-state index in [-0.39, 0.29) is 0 Å². The Hall–Kier alpha value is -2.41. The molecule has 0 unspecified atom stereocenters. The number of hydrogen-bond acceptors (Lipinski definition) is 6. The topological polar surface area (TPSA) is 41.9 Å². The zero-order valence-corrected chi connectivity index (χ0v) is 16.3. The van der Waals surface area contributed by atoms with Gasteiger partial charge in [-0.25, -0.2) is 9.97 Å². The largest absolute Gasteiger partial charge is 0.293 e. The molecule has 5 heterocycles. The molecule has 0 atom stereocenters. The Morgan fingerprint density at radius 2 is 2.04 bits per heavy atom. The second-order valence-corrected chi connectivity index (χ2v) is 8.73. The smallest absolute Gasteiger partial charge is 0.160 e. The van der Waals surface area contributed by atoms with Gasteiger partial charge in [0.1, 0.15) is 0 Å². The molecule has 0 radical (unpaired) electrons. The van der Waals surface area contributed by atoms with Crippen molar-refractivity contribution in [2.75, 3.05) is 6.54 Å². The average Bonchev–Trinajstić information content (AvgIpc) is 3.40. The summed E-state index contributed by atoms with van der Waals surface area (Å²) >= 11 is 3.70. The Labute approximate surface area is 166 Å².